The zero-order valence-electron chi connectivity index (χ0n) is 13.1. The van der Waals surface area contributed by atoms with Crippen LogP contribution in [0.4, 0.5) is 0 Å². The summed E-state index contributed by atoms with van der Waals surface area (Å²) in [6.07, 6.45) is 3.40. The first-order valence-electron chi connectivity index (χ1n) is 7.34. The van der Waals surface area contributed by atoms with Crippen molar-refractivity contribution in [3.63, 3.8) is 0 Å². The van der Waals surface area contributed by atoms with Crippen LogP contribution in [-0.4, -0.2) is 47.0 Å². The van der Waals surface area contributed by atoms with Crippen LogP contribution in [0.1, 0.15) is 52.4 Å². The van der Waals surface area contributed by atoms with Crippen molar-refractivity contribution in [1.29, 1.82) is 0 Å². The molecule has 0 aromatic carbocycles. The Morgan fingerprint density at radius 2 is 1.82 bits per heavy atom. The van der Waals surface area contributed by atoms with E-state index in [9.17, 15) is 19.2 Å². The summed E-state index contributed by atoms with van der Waals surface area (Å²) < 4.78 is 0. The second-order valence-corrected chi connectivity index (χ2v) is 4.70. The van der Waals surface area contributed by atoms with Crippen molar-refractivity contribution < 1.29 is 29.1 Å². The lowest BCUT2D eigenvalue weighted by molar-refractivity contribution is -0.195. The fourth-order valence-electron chi connectivity index (χ4n) is 1.57. The average molecular weight is 316 g/mol. The lowest BCUT2D eigenvalue weighted by Gasteiger charge is -2.09. The minimum absolute atomic E-state index is 0.116. The molecule has 8 nitrogen and oxygen atoms in total. The number of carbonyl (C=O) groups excluding carboxylic acids is 4. The zero-order valence-corrected chi connectivity index (χ0v) is 13.1. The fraction of sp³-hybridized carbons (Fsp3) is 0.714. The number of unbranched alkanes of at least 4 members (excludes halogenated alkanes) is 1. The van der Waals surface area contributed by atoms with Crippen molar-refractivity contribution in [2.45, 2.75) is 52.4 Å². The zero-order chi connectivity index (χ0) is 17.0. The summed E-state index contributed by atoms with van der Waals surface area (Å²) >= 11 is 0. The maximum absolute atomic E-state index is 10.8. The SMILES string of the molecule is CC(=O)ON1C(=O)CCC1=O.CCCC(=O)NCCCCO. The van der Waals surface area contributed by atoms with Gasteiger partial charge in [-0.1, -0.05) is 6.92 Å². The highest BCUT2D eigenvalue weighted by Crippen LogP contribution is 2.11. The third-order valence-electron chi connectivity index (χ3n) is 2.61. The number of hydrogen-bond acceptors (Lipinski definition) is 6. The first-order chi connectivity index (χ1) is 10.4. The van der Waals surface area contributed by atoms with Crippen molar-refractivity contribution >= 4 is 23.7 Å². The van der Waals surface area contributed by atoms with E-state index in [0.29, 0.717) is 18.0 Å². The Bertz CT molecular complexity index is 381. The molecule has 0 aliphatic carbocycles. The molecule has 1 rings (SSSR count). The highest BCUT2D eigenvalue weighted by molar-refractivity contribution is 6.01. The second-order valence-electron chi connectivity index (χ2n) is 4.70. The number of hydrogen-bond donors (Lipinski definition) is 2. The molecule has 3 amide bonds. The molecule has 1 aliphatic rings. The quantitative estimate of drug-likeness (QED) is 0.515. The van der Waals surface area contributed by atoms with Crippen molar-refractivity contribution in [1.82, 2.24) is 10.4 Å². The summed E-state index contributed by atoms with van der Waals surface area (Å²) in [6, 6.07) is 0. The normalized spacial score (nSPS) is 13.5. The molecule has 0 saturated carbocycles. The van der Waals surface area contributed by atoms with Crippen molar-refractivity contribution in [2.24, 2.45) is 0 Å². The van der Waals surface area contributed by atoms with E-state index in [1.807, 2.05) is 6.92 Å². The van der Waals surface area contributed by atoms with Crippen LogP contribution in [0.2, 0.25) is 0 Å². The summed E-state index contributed by atoms with van der Waals surface area (Å²) in [6.45, 7) is 4.02. The molecule has 126 valence electrons. The molecule has 0 spiro atoms. The number of hydroxylamine groups is 2. The fourth-order valence-corrected chi connectivity index (χ4v) is 1.57. The molecule has 1 fully saturated rings. The molecule has 0 unspecified atom stereocenters. The first-order valence-corrected chi connectivity index (χ1v) is 7.34. The van der Waals surface area contributed by atoms with Gasteiger partial charge in [0.1, 0.15) is 0 Å². The third-order valence-corrected chi connectivity index (χ3v) is 2.61. The van der Waals surface area contributed by atoms with E-state index in [4.69, 9.17) is 5.11 Å². The minimum Gasteiger partial charge on any atom is -0.396 e. The number of nitrogens with zero attached hydrogens (tertiary/aromatic N) is 1. The lowest BCUT2D eigenvalue weighted by Crippen LogP contribution is -2.30. The Morgan fingerprint density at radius 1 is 1.23 bits per heavy atom. The van der Waals surface area contributed by atoms with Gasteiger partial charge in [0.2, 0.25) is 5.91 Å². The van der Waals surface area contributed by atoms with Gasteiger partial charge in [0.15, 0.2) is 0 Å². The van der Waals surface area contributed by atoms with Crippen molar-refractivity contribution in [3.8, 4) is 0 Å². The molecule has 22 heavy (non-hydrogen) atoms. The molecule has 2 N–H and O–H groups in total. The van der Waals surface area contributed by atoms with E-state index in [0.717, 1.165) is 26.2 Å². The maximum atomic E-state index is 10.8. The van der Waals surface area contributed by atoms with Crippen LogP contribution < -0.4 is 5.32 Å². The van der Waals surface area contributed by atoms with Gasteiger partial charge in [0, 0.05) is 39.3 Å². The highest BCUT2D eigenvalue weighted by atomic mass is 16.7. The molecule has 1 heterocycles. The molecular formula is C14H24N2O6. The summed E-state index contributed by atoms with van der Waals surface area (Å²) in [5.41, 5.74) is 0. The monoisotopic (exact) mass is 316 g/mol. The number of aliphatic hydroxyl groups excluding tert-OH is 1. The van der Waals surface area contributed by atoms with Gasteiger partial charge in [-0.05, 0) is 19.3 Å². The molecular weight excluding hydrogens is 292 g/mol. The Morgan fingerprint density at radius 3 is 2.27 bits per heavy atom. The van der Waals surface area contributed by atoms with Crippen LogP contribution in [0, 0.1) is 0 Å². The number of amides is 3. The average Bonchev–Trinajstić information content (AvgIpc) is 2.76. The summed E-state index contributed by atoms with van der Waals surface area (Å²) in [7, 11) is 0. The Hall–Kier alpha value is -1.96. The predicted molar refractivity (Wildman–Crippen MR) is 77.1 cm³/mol. The van der Waals surface area contributed by atoms with Gasteiger partial charge in [-0.15, -0.1) is 5.06 Å². The van der Waals surface area contributed by atoms with Crippen LogP contribution in [0.15, 0.2) is 0 Å². The molecule has 0 aromatic heterocycles. The first kappa shape index (κ1) is 20.0. The van der Waals surface area contributed by atoms with Gasteiger partial charge >= 0.3 is 5.97 Å². The van der Waals surface area contributed by atoms with E-state index in [1.165, 1.54) is 0 Å². The number of rotatable bonds is 7. The van der Waals surface area contributed by atoms with E-state index in [1.54, 1.807) is 0 Å². The van der Waals surface area contributed by atoms with Crippen molar-refractivity contribution in [2.75, 3.05) is 13.2 Å². The number of aliphatic hydroxyl groups is 1. The van der Waals surface area contributed by atoms with E-state index in [2.05, 4.69) is 10.2 Å². The largest absolute Gasteiger partial charge is 0.396 e. The molecule has 0 aromatic rings. The molecule has 0 bridgehead atoms. The van der Waals surface area contributed by atoms with Crippen LogP contribution >= 0.6 is 0 Å². The summed E-state index contributed by atoms with van der Waals surface area (Å²) in [5.74, 6) is -1.45. The van der Waals surface area contributed by atoms with Gasteiger partial charge in [-0.2, -0.15) is 0 Å². The molecule has 1 saturated heterocycles. The van der Waals surface area contributed by atoms with Crippen LogP contribution in [0.25, 0.3) is 0 Å². The minimum atomic E-state index is -0.659. The Kier molecular flexibility index (Phi) is 10.6. The molecule has 1 aliphatic heterocycles. The number of nitrogens with one attached hydrogen (secondary N) is 1. The van der Waals surface area contributed by atoms with Crippen molar-refractivity contribution in [3.05, 3.63) is 0 Å². The number of carbonyl (C=O) groups is 4. The highest BCUT2D eigenvalue weighted by Gasteiger charge is 2.31. The van der Waals surface area contributed by atoms with Gasteiger partial charge in [-0.3, -0.25) is 14.4 Å². The second kappa shape index (κ2) is 11.7. The van der Waals surface area contributed by atoms with Gasteiger partial charge in [0.25, 0.3) is 11.8 Å². The van der Waals surface area contributed by atoms with E-state index < -0.39 is 17.8 Å². The Labute approximate surface area is 129 Å². The molecule has 0 atom stereocenters. The number of imide groups is 1. The smallest absolute Gasteiger partial charge is 0.330 e. The summed E-state index contributed by atoms with van der Waals surface area (Å²) in [4.78, 5) is 47.0. The molecule has 8 heteroatoms. The van der Waals surface area contributed by atoms with Gasteiger partial charge < -0.3 is 15.3 Å². The molecule has 0 radical (unpaired) electrons. The lowest BCUT2D eigenvalue weighted by atomic mass is 10.3. The standard InChI is InChI=1S/C8H17NO2.C6H7NO4/c1-2-5-8(11)9-6-3-4-7-10;1-4(8)11-7-5(9)2-3-6(7)10/h10H,2-7H2,1H3,(H,9,11);2-3H2,1H3. The predicted octanol–water partition coefficient (Wildman–Crippen LogP) is 0.289. The van der Waals surface area contributed by atoms with E-state index in [-0.39, 0.29) is 25.4 Å². The van der Waals surface area contributed by atoms with E-state index >= 15 is 0 Å². The Balaban J connectivity index is 0.000000401. The maximum Gasteiger partial charge on any atom is 0.330 e. The van der Waals surface area contributed by atoms with Gasteiger partial charge in [-0.25, -0.2) is 4.79 Å². The summed E-state index contributed by atoms with van der Waals surface area (Å²) in [5, 5.41) is 11.7. The van der Waals surface area contributed by atoms with Gasteiger partial charge in [0.05, 0.1) is 0 Å². The van der Waals surface area contributed by atoms with Crippen LogP contribution in [-0.2, 0) is 24.0 Å². The topological polar surface area (TPSA) is 113 Å². The third kappa shape index (κ3) is 9.06. The van der Waals surface area contributed by atoms with Crippen LogP contribution in [0.3, 0.4) is 0 Å². The van der Waals surface area contributed by atoms with Crippen LogP contribution in [0.5, 0.6) is 0 Å².